The number of aryl methyl sites for hydroxylation is 2. The highest BCUT2D eigenvalue weighted by Crippen LogP contribution is 2.27. The summed E-state index contributed by atoms with van der Waals surface area (Å²) in [5.74, 6) is 0.108. The highest BCUT2D eigenvalue weighted by atomic mass is 16.5. The normalized spacial score (nSPS) is 10.8. The first-order valence-electron chi connectivity index (χ1n) is 9.54. The zero-order chi connectivity index (χ0) is 21.0. The molecule has 2 N–H and O–H groups in total. The number of carbonyl (C=O) groups is 2. The van der Waals surface area contributed by atoms with Crippen LogP contribution in [0, 0.1) is 13.8 Å². The van der Waals surface area contributed by atoms with E-state index in [1.54, 1.807) is 6.07 Å². The van der Waals surface area contributed by atoms with Gasteiger partial charge in [-0.25, -0.2) is 0 Å². The molecule has 2 amide bonds. The van der Waals surface area contributed by atoms with Crippen molar-refractivity contribution in [2.45, 2.75) is 33.6 Å². The summed E-state index contributed by atoms with van der Waals surface area (Å²) in [5.41, 5.74) is 8.87. The standard InChI is InChI=1S/C23H25N3O3/c1-14(2)17-10-9-15(3)11-21(17)29-13-22(27)25-26-23(28)19-12-16(4)24-20-8-6-5-7-18(19)20/h5-12,14H,13H2,1-4H3,(H,25,27)(H,26,28). The third-order valence-corrected chi connectivity index (χ3v) is 4.55. The molecule has 1 heterocycles. The van der Waals surface area contributed by atoms with Gasteiger partial charge in [0.15, 0.2) is 6.61 Å². The van der Waals surface area contributed by atoms with Gasteiger partial charge in [0.25, 0.3) is 11.8 Å². The SMILES string of the molecule is Cc1ccc(C(C)C)c(OCC(=O)NNC(=O)c2cc(C)nc3ccccc23)c1. The summed E-state index contributed by atoms with van der Waals surface area (Å²) in [6, 6.07) is 15.0. The number of para-hydroxylation sites is 1. The highest BCUT2D eigenvalue weighted by Gasteiger charge is 2.14. The number of nitrogens with one attached hydrogen (secondary N) is 2. The first kappa shape index (κ1) is 20.3. The maximum atomic E-state index is 12.6. The molecule has 0 atom stereocenters. The zero-order valence-electron chi connectivity index (χ0n) is 17.1. The van der Waals surface area contributed by atoms with Crippen LogP contribution in [0.2, 0.25) is 0 Å². The summed E-state index contributed by atoms with van der Waals surface area (Å²) >= 11 is 0. The highest BCUT2D eigenvalue weighted by molar-refractivity contribution is 6.06. The monoisotopic (exact) mass is 391 g/mol. The second kappa shape index (κ2) is 8.73. The largest absolute Gasteiger partial charge is 0.483 e. The summed E-state index contributed by atoms with van der Waals surface area (Å²) in [7, 11) is 0. The lowest BCUT2D eigenvalue weighted by Gasteiger charge is -2.15. The van der Waals surface area contributed by atoms with Gasteiger partial charge in [0.1, 0.15) is 5.75 Å². The molecular weight excluding hydrogens is 366 g/mol. The van der Waals surface area contributed by atoms with Gasteiger partial charge < -0.3 is 4.74 Å². The van der Waals surface area contributed by atoms with E-state index >= 15 is 0 Å². The van der Waals surface area contributed by atoms with Crippen molar-refractivity contribution in [1.29, 1.82) is 0 Å². The summed E-state index contributed by atoms with van der Waals surface area (Å²) in [6.07, 6.45) is 0. The molecule has 0 saturated carbocycles. The number of aromatic nitrogens is 1. The lowest BCUT2D eigenvalue weighted by molar-refractivity contribution is -0.123. The van der Waals surface area contributed by atoms with Crippen LogP contribution in [0.4, 0.5) is 0 Å². The van der Waals surface area contributed by atoms with Crippen molar-refractivity contribution >= 4 is 22.7 Å². The molecule has 0 fully saturated rings. The van der Waals surface area contributed by atoms with E-state index in [0.29, 0.717) is 11.3 Å². The fraction of sp³-hybridized carbons (Fsp3) is 0.261. The average Bonchev–Trinajstić information content (AvgIpc) is 2.69. The molecule has 2 aromatic carbocycles. The van der Waals surface area contributed by atoms with Crippen molar-refractivity contribution in [1.82, 2.24) is 15.8 Å². The molecule has 6 heteroatoms. The summed E-state index contributed by atoms with van der Waals surface area (Å²) in [6.45, 7) is 7.74. The average molecular weight is 391 g/mol. The molecule has 0 bridgehead atoms. The number of hydrogen-bond donors (Lipinski definition) is 2. The minimum atomic E-state index is -0.440. The van der Waals surface area contributed by atoms with Crippen LogP contribution in [0.1, 0.15) is 46.9 Å². The summed E-state index contributed by atoms with van der Waals surface area (Å²) in [4.78, 5) is 29.2. The van der Waals surface area contributed by atoms with Crippen molar-refractivity contribution < 1.29 is 14.3 Å². The van der Waals surface area contributed by atoms with Crippen LogP contribution in [-0.2, 0) is 4.79 Å². The Bertz CT molecular complexity index is 1060. The number of carbonyl (C=O) groups excluding carboxylic acids is 2. The minimum Gasteiger partial charge on any atom is -0.483 e. The van der Waals surface area contributed by atoms with Crippen LogP contribution < -0.4 is 15.6 Å². The predicted octanol–water partition coefficient (Wildman–Crippen LogP) is 3.82. The molecule has 3 rings (SSSR count). The fourth-order valence-electron chi connectivity index (χ4n) is 3.11. The first-order valence-corrected chi connectivity index (χ1v) is 9.54. The van der Waals surface area contributed by atoms with Crippen LogP contribution in [0.5, 0.6) is 5.75 Å². The molecule has 0 radical (unpaired) electrons. The number of hydrazine groups is 1. The first-order chi connectivity index (χ1) is 13.8. The topological polar surface area (TPSA) is 80.3 Å². The fourth-order valence-corrected chi connectivity index (χ4v) is 3.11. The Morgan fingerprint density at radius 3 is 2.55 bits per heavy atom. The molecule has 0 aliphatic heterocycles. The maximum absolute atomic E-state index is 12.6. The van der Waals surface area contributed by atoms with Crippen LogP contribution >= 0.6 is 0 Å². The molecule has 3 aromatic rings. The molecule has 150 valence electrons. The third-order valence-electron chi connectivity index (χ3n) is 4.55. The quantitative estimate of drug-likeness (QED) is 0.648. The van der Waals surface area contributed by atoms with Crippen molar-refractivity contribution in [2.75, 3.05) is 6.61 Å². The van der Waals surface area contributed by atoms with Gasteiger partial charge in [-0.1, -0.05) is 44.2 Å². The Morgan fingerprint density at radius 1 is 1.03 bits per heavy atom. The Hall–Kier alpha value is -3.41. The van der Waals surface area contributed by atoms with E-state index in [0.717, 1.165) is 27.7 Å². The number of pyridine rings is 1. The maximum Gasteiger partial charge on any atom is 0.276 e. The molecule has 0 aliphatic rings. The van der Waals surface area contributed by atoms with E-state index in [2.05, 4.69) is 29.7 Å². The van der Waals surface area contributed by atoms with Crippen LogP contribution in [0.25, 0.3) is 10.9 Å². The second-order valence-corrected chi connectivity index (χ2v) is 7.32. The summed E-state index contributed by atoms with van der Waals surface area (Å²) in [5, 5.41) is 0.724. The van der Waals surface area contributed by atoms with Gasteiger partial charge in [0.05, 0.1) is 11.1 Å². The van der Waals surface area contributed by atoms with Gasteiger partial charge in [-0.05, 0) is 49.1 Å². The minimum absolute atomic E-state index is 0.195. The third kappa shape index (κ3) is 4.90. The zero-order valence-corrected chi connectivity index (χ0v) is 17.1. The van der Waals surface area contributed by atoms with Crippen molar-refractivity contribution in [3.63, 3.8) is 0 Å². The predicted molar refractivity (Wildman–Crippen MR) is 113 cm³/mol. The molecule has 0 saturated heterocycles. The lowest BCUT2D eigenvalue weighted by Crippen LogP contribution is -2.44. The van der Waals surface area contributed by atoms with E-state index in [9.17, 15) is 9.59 Å². The van der Waals surface area contributed by atoms with E-state index in [1.165, 1.54) is 0 Å². The van der Waals surface area contributed by atoms with E-state index in [4.69, 9.17) is 4.74 Å². The van der Waals surface area contributed by atoms with E-state index in [1.807, 2.05) is 56.3 Å². The van der Waals surface area contributed by atoms with Crippen LogP contribution in [-0.4, -0.2) is 23.4 Å². The second-order valence-electron chi connectivity index (χ2n) is 7.32. The van der Waals surface area contributed by atoms with Crippen molar-refractivity contribution in [2.24, 2.45) is 0 Å². The van der Waals surface area contributed by atoms with Gasteiger partial charge in [-0.2, -0.15) is 0 Å². The Morgan fingerprint density at radius 2 is 1.79 bits per heavy atom. The molecular formula is C23H25N3O3. The van der Waals surface area contributed by atoms with Gasteiger partial charge in [0, 0.05) is 11.1 Å². The number of rotatable bonds is 5. The Balaban J connectivity index is 1.63. The number of benzene rings is 2. The molecule has 0 aliphatic carbocycles. The van der Waals surface area contributed by atoms with Gasteiger partial charge in [-0.3, -0.25) is 25.4 Å². The molecule has 29 heavy (non-hydrogen) atoms. The van der Waals surface area contributed by atoms with Gasteiger partial charge >= 0.3 is 0 Å². The molecule has 6 nitrogen and oxygen atoms in total. The smallest absolute Gasteiger partial charge is 0.276 e. The lowest BCUT2D eigenvalue weighted by atomic mass is 10.0. The van der Waals surface area contributed by atoms with E-state index in [-0.39, 0.29) is 12.5 Å². The number of ether oxygens (including phenoxy) is 1. The number of amides is 2. The molecule has 0 spiro atoms. The van der Waals surface area contributed by atoms with Gasteiger partial charge in [-0.15, -0.1) is 0 Å². The van der Waals surface area contributed by atoms with Crippen molar-refractivity contribution in [3.8, 4) is 5.75 Å². The van der Waals surface area contributed by atoms with E-state index < -0.39 is 11.8 Å². The van der Waals surface area contributed by atoms with Crippen LogP contribution in [0.3, 0.4) is 0 Å². The molecule has 1 aromatic heterocycles. The Kier molecular flexibility index (Phi) is 6.12. The number of fused-ring (bicyclic) bond motifs is 1. The number of nitrogens with zero attached hydrogens (tertiary/aromatic N) is 1. The summed E-state index contributed by atoms with van der Waals surface area (Å²) < 4.78 is 5.70. The molecule has 0 unspecified atom stereocenters. The van der Waals surface area contributed by atoms with Gasteiger partial charge in [0.2, 0.25) is 0 Å². The Labute approximate surface area is 170 Å². The van der Waals surface area contributed by atoms with Crippen molar-refractivity contribution in [3.05, 3.63) is 70.9 Å². The van der Waals surface area contributed by atoms with Crippen LogP contribution in [0.15, 0.2) is 48.5 Å². The number of hydrogen-bond acceptors (Lipinski definition) is 4.